The first-order valence-corrected chi connectivity index (χ1v) is 10.5. The largest absolute Gasteiger partial charge is 0.461 e. The molecule has 0 amide bonds. The number of nitrogens with one attached hydrogen (secondary N) is 1. The highest BCUT2D eigenvalue weighted by Crippen LogP contribution is 2.21. The van der Waals surface area contributed by atoms with Gasteiger partial charge in [-0.15, -0.1) is 0 Å². The quantitative estimate of drug-likeness (QED) is 0.649. The molecule has 2 saturated heterocycles. The van der Waals surface area contributed by atoms with Crippen LogP contribution in [0.1, 0.15) is 31.4 Å². The first-order valence-electron chi connectivity index (χ1n) is 10.5. The highest BCUT2D eigenvalue weighted by molar-refractivity contribution is 5.80. The Bertz CT molecular complexity index is 730. The van der Waals surface area contributed by atoms with Crippen LogP contribution in [-0.2, 0) is 6.42 Å². The lowest BCUT2D eigenvalue weighted by molar-refractivity contribution is 0.198. The van der Waals surface area contributed by atoms with E-state index in [1.54, 1.807) is 0 Å². The zero-order chi connectivity index (χ0) is 18.5. The molecule has 3 heterocycles. The van der Waals surface area contributed by atoms with E-state index < -0.39 is 0 Å². The smallest absolute Gasteiger partial charge is 0.193 e. The monoisotopic (exact) mass is 368 g/mol. The number of hydrogen-bond donors (Lipinski definition) is 1. The summed E-state index contributed by atoms with van der Waals surface area (Å²) in [4.78, 5) is 9.60. The van der Waals surface area contributed by atoms with Crippen molar-refractivity contribution in [2.45, 2.75) is 32.1 Å². The summed E-state index contributed by atoms with van der Waals surface area (Å²) in [6.45, 7) is 6.93. The van der Waals surface area contributed by atoms with Gasteiger partial charge in [-0.3, -0.25) is 4.99 Å². The van der Waals surface area contributed by atoms with Crippen molar-refractivity contribution < 1.29 is 4.42 Å². The highest BCUT2D eigenvalue weighted by Gasteiger charge is 2.26. The van der Waals surface area contributed by atoms with Gasteiger partial charge in [0, 0.05) is 45.0 Å². The summed E-state index contributed by atoms with van der Waals surface area (Å²) in [6, 6.07) is 10.3. The molecule has 5 nitrogen and oxygen atoms in total. The average molecular weight is 369 g/mol. The zero-order valence-corrected chi connectivity index (χ0v) is 16.5. The fourth-order valence-corrected chi connectivity index (χ4v) is 4.47. The summed E-state index contributed by atoms with van der Waals surface area (Å²) >= 11 is 0. The third-order valence-electron chi connectivity index (χ3n) is 5.89. The van der Waals surface area contributed by atoms with Crippen molar-refractivity contribution in [2.24, 2.45) is 10.9 Å². The predicted octanol–water partition coefficient (Wildman–Crippen LogP) is 3.36. The van der Waals surface area contributed by atoms with Crippen LogP contribution in [0.25, 0.3) is 11.0 Å². The van der Waals surface area contributed by atoms with Gasteiger partial charge in [-0.05, 0) is 50.4 Å². The van der Waals surface area contributed by atoms with Gasteiger partial charge in [0.25, 0.3) is 0 Å². The van der Waals surface area contributed by atoms with Gasteiger partial charge >= 0.3 is 0 Å². The second-order valence-corrected chi connectivity index (χ2v) is 7.94. The second-order valence-electron chi connectivity index (χ2n) is 7.94. The highest BCUT2D eigenvalue weighted by atomic mass is 16.3. The third kappa shape index (κ3) is 4.64. The Hall–Kier alpha value is -2.01. The maximum Gasteiger partial charge on any atom is 0.193 e. The van der Waals surface area contributed by atoms with E-state index in [4.69, 9.17) is 4.42 Å². The number of aliphatic imine (C=N–C) groups is 1. The van der Waals surface area contributed by atoms with Crippen molar-refractivity contribution in [3.8, 4) is 0 Å². The molecule has 1 aromatic carbocycles. The number of likely N-dealkylation sites (tertiary alicyclic amines) is 2. The number of benzene rings is 1. The van der Waals surface area contributed by atoms with E-state index in [-0.39, 0.29) is 0 Å². The predicted molar refractivity (Wildman–Crippen MR) is 111 cm³/mol. The van der Waals surface area contributed by atoms with Crippen molar-refractivity contribution in [1.82, 2.24) is 15.1 Å². The van der Waals surface area contributed by atoms with Crippen LogP contribution in [0.15, 0.2) is 39.7 Å². The zero-order valence-electron chi connectivity index (χ0n) is 16.5. The number of rotatable bonds is 5. The van der Waals surface area contributed by atoms with Crippen molar-refractivity contribution in [3.05, 3.63) is 36.1 Å². The summed E-state index contributed by atoms with van der Waals surface area (Å²) in [6.07, 6.45) is 6.32. The van der Waals surface area contributed by atoms with E-state index in [9.17, 15) is 0 Å². The van der Waals surface area contributed by atoms with Crippen LogP contribution in [0, 0.1) is 5.92 Å². The topological polar surface area (TPSA) is 44.0 Å². The molecule has 0 aliphatic carbocycles. The van der Waals surface area contributed by atoms with Crippen molar-refractivity contribution >= 4 is 16.9 Å². The van der Waals surface area contributed by atoms with Gasteiger partial charge in [0.2, 0.25) is 0 Å². The van der Waals surface area contributed by atoms with Crippen LogP contribution in [0.5, 0.6) is 0 Å². The first kappa shape index (κ1) is 18.4. The molecule has 0 spiro atoms. The van der Waals surface area contributed by atoms with Gasteiger partial charge < -0.3 is 19.5 Å². The van der Waals surface area contributed by atoms with Gasteiger partial charge in [-0.1, -0.05) is 24.6 Å². The van der Waals surface area contributed by atoms with Crippen molar-refractivity contribution in [1.29, 1.82) is 0 Å². The van der Waals surface area contributed by atoms with Crippen molar-refractivity contribution in [3.63, 3.8) is 0 Å². The van der Waals surface area contributed by atoms with Crippen molar-refractivity contribution in [2.75, 3.05) is 46.3 Å². The Morgan fingerprint density at radius 1 is 1.19 bits per heavy atom. The van der Waals surface area contributed by atoms with Crippen LogP contribution >= 0.6 is 0 Å². The SMILES string of the molecule is CN=C(NCCc1cc2ccccc2o1)N1CCC(CN2CCCCC2)C1. The Kier molecular flexibility index (Phi) is 5.97. The van der Waals surface area contributed by atoms with Gasteiger partial charge in [0.15, 0.2) is 5.96 Å². The van der Waals surface area contributed by atoms with Crippen LogP contribution < -0.4 is 5.32 Å². The Balaban J connectivity index is 1.24. The molecule has 5 heteroatoms. The molecule has 27 heavy (non-hydrogen) atoms. The van der Waals surface area contributed by atoms with E-state index in [0.29, 0.717) is 0 Å². The lowest BCUT2D eigenvalue weighted by atomic mass is 10.1. The number of furan rings is 1. The lowest BCUT2D eigenvalue weighted by Gasteiger charge is -2.29. The molecule has 0 saturated carbocycles. The summed E-state index contributed by atoms with van der Waals surface area (Å²) in [5.74, 6) is 2.84. The second kappa shape index (κ2) is 8.79. The molecule has 2 aromatic rings. The van der Waals surface area contributed by atoms with E-state index in [1.165, 1.54) is 50.7 Å². The normalized spacial score (nSPS) is 21.9. The van der Waals surface area contributed by atoms with Crippen LogP contribution in [0.2, 0.25) is 0 Å². The number of fused-ring (bicyclic) bond motifs is 1. The number of guanidine groups is 1. The molecular formula is C22H32N4O. The lowest BCUT2D eigenvalue weighted by Crippen LogP contribution is -2.41. The molecule has 2 fully saturated rings. The minimum atomic E-state index is 0.775. The summed E-state index contributed by atoms with van der Waals surface area (Å²) in [5.41, 5.74) is 0.969. The third-order valence-corrected chi connectivity index (χ3v) is 5.89. The molecule has 4 rings (SSSR count). The summed E-state index contributed by atoms with van der Waals surface area (Å²) in [5, 5.41) is 4.71. The molecule has 1 unspecified atom stereocenters. The molecule has 2 aliphatic heterocycles. The van der Waals surface area contributed by atoms with E-state index >= 15 is 0 Å². The standard InChI is InChI=1S/C22H32N4O/c1-23-22(24-11-9-20-15-19-7-3-4-8-21(19)27-20)26-14-10-18(17-26)16-25-12-5-2-6-13-25/h3-4,7-8,15,18H,2,5-6,9-14,16-17H2,1H3,(H,23,24). The van der Waals surface area contributed by atoms with Crippen LogP contribution in [0.4, 0.5) is 0 Å². The molecule has 146 valence electrons. The number of piperidine rings is 1. The number of para-hydroxylation sites is 1. The molecule has 0 radical (unpaired) electrons. The fourth-order valence-electron chi connectivity index (χ4n) is 4.47. The Labute approximate surface area is 162 Å². The molecule has 1 N–H and O–H groups in total. The average Bonchev–Trinajstić information content (AvgIpc) is 3.32. The fraction of sp³-hybridized carbons (Fsp3) is 0.591. The first-order chi connectivity index (χ1) is 13.3. The van der Waals surface area contributed by atoms with Gasteiger partial charge in [0.1, 0.15) is 11.3 Å². The van der Waals surface area contributed by atoms with Crippen LogP contribution in [0.3, 0.4) is 0 Å². The van der Waals surface area contributed by atoms with Gasteiger partial charge in [-0.2, -0.15) is 0 Å². The van der Waals surface area contributed by atoms with E-state index in [0.717, 1.165) is 49.3 Å². The molecule has 0 bridgehead atoms. The maximum atomic E-state index is 5.91. The maximum absolute atomic E-state index is 5.91. The minimum Gasteiger partial charge on any atom is -0.461 e. The van der Waals surface area contributed by atoms with Gasteiger partial charge in [0.05, 0.1) is 0 Å². The van der Waals surface area contributed by atoms with E-state index in [1.807, 2.05) is 19.2 Å². The van der Waals surface area contributed by atoms with Crippen LogP contribution in [-0.4, -0.2) is 62.1 Å². The minimum absolute atomic E-state index is 0.775. The Morgan fingerprint density at radius 3 is 2.85 bits per heavy atom. The Morgan fingerprint density at radius 2 is 2.04 bits per heavy atom. The van der Waals surface area contributed by atoms with E-state index in [2.05, 4.69) is 38.3 Å². The molecule has 1 aromatic heterocycles. The van der Waals surface area contributed by atoms with Gasteiger partial charge in [-0.25, -0.2) is 0 Å². The summed E-state index contributed by atoms with van der Waals surface area (Å²) < 4.78 is 5.91. The molecule has 2 aliphatic rings. The number of hydrogen-bond acceptors (Lipinski definition) is 3. The summed E-state index contributed by atoms with van der Waals surface area (Å²) in [7, 11) is 1.89. The number of nitrogens with zero attached hydrogens (tertiary/aromatic N) is 3. The molecule has 1 atom stereocenters. The molecular weight excluding hydrogens is 336 g/mol.